The topological polar surface area (TPSA) is 32.3 Å². The normalized spacial score (nSPS) is 20.4. The van der Waals surface area contributed by atoms with Crippen LogP contribution in [0, 0.1) is 5.92 Å². The second kappa shape index (κ2) is 6.40. The molecule has 1 heterocycles. The van der Waals surface area contributed by atoms with E-state index in [1.807, 2.05) is 17.0 Å². The molecule has 1 N–H and O–H groups in total. The van der Waals surface area contributed by atoms with Gasteiger partial charge in [-0.3, -0.25) is 4.79 Å². The van der Waals surface area contributed by atoms with Gasteiger partial charge in [0.1, 0.15) is 0 Å². The summed E-state index contributed by atoms with van der Waals surface area (Å²) in [7, 11) is 0. The Morgan fingerprint density at radius 1 is 1.42 bits per heavy atom. The number of amides is 1. The third kappa shape index (κ3) is 3.48. The monoisotopic (exact) mass is 280 g/mol. The van der Waals surface area contributed by atoms with Crippen LogP contribution < -0.4 is 5.32 Å². The summed E-state index contributed by atoms with van der Waals surface area (Å²) < 4.78 is 0. The number of hydrogen-bond donors (Lipinski definition) is 1. The molecular weight excluding hydrogens is 260 g/mol. The fraction of sp³-hybridized carbons (Fsp3) is 0.533. The highest BCUT2D eigenvalue weighted by Gasteiger charge is 2.25. The third-order valence-electron chi connectivity index (χ3n) is 3.62. The molecule has 19 heavy (non-hydrogen) atoms. The summed E-state index contributed by atoms with van der Waals surface area (Å²) in [5, 5.41) is 4.04. The van der Waals surface area contributed by atoms with Crippen molar-refractivity contribution in [1.82, 2.24) is 10.2 Å². The Labute approximate surface area is 119 Å². The van der Waals surface area contributed by atoms with Gasteiger partial charge in [0, 0.05) is 19.1 Å². The zero-order valence-electron chi connectivity index (χ0n) is 11.5. The van der Waals surface area contributed by atoms with Crippen molar-refractivity contribution in [2.75, 3.05) is 19.6 Å². The summed E-state index contributed by atoms with van der Waals surface area (Å²) in [6, 6.07) is 7.63. The lowest BCUT2D eigenvalue weighted by Gasteiger charge is -2.27. The van der Waals surface area contributed by atoms with Crippen molar-refractivity contribution in [2.24, 2.45) is 5.92 Å². The Kier molecular flexibility index (Phi) is 4.83. The highest BCUT2D eigenvalue weighted by molar-refractivity contribution is 6.33. The van der Waals surface area contributed by atoms with Crippen molar-refractivity contribution >= 4 is 17.5 Å². The summed E-state index contributed by atoms with van der Waals surface area (Å²) in [5.74, 6) is 0.555. The largest absolute Gasteiger partial charge is 0.337 e. The van der Waals surface area contributed by atoms with Gasteiger partial charge < -0.3 is 10.2 Å². The lowest BCUT2D eigenvalue weighted by Crippen LogP contribution is -2.43. The Bertz CT molecular complexity index is 448. The molecule has 1 aliphatic rings. The lowest BCUT2D eigenvalue weighted by atomic mass is 10.0. The van der Waals surface area contributed by atoms with E-state index in [-0.39, 0.29) is 5.91 Å². The van der Waals surface area contributed by atoms with Crippen molar-refractivity contribution < 1.29 is 4.79 Å². The molecule has 0 radical (unpaired) electrons. The second-order valence-corrected chi connectivity index (χ2v) is 5.80. The highest BCUT2D eigenvalue weighted by Crippen LogP contribution is 2.19. The molecule has 0 saturated carbocycles. The van der Waals surface area contributed by atoms with Gasteiger partial charge in [0.05, 0.1) is 10.6 Å². The van der Waals surface area contributed by atoms with Gasteiger partial charge in [-0.2, -0.15) is 0 Å². The highest BCUT2D eigenvalue weighted by atomic mass is 35.5. The van der Waals surface area contributed by atoms with E-state index in [2.05, 4.69) is 19.2 Å². The number of nitrogens with zero attached hydrogens (tertiary/aromatic N) is 1. The summed E-state index contributed by atoms with van der Waals surface area (Å²) in [6.07, 6.45) is 0.986. The number of benzene rings is 1. The molecule has 104 valence electrons. The van der Waals surface area contributed by atoms with Gasteiger partial charge in [-0.25, -0.2) is 0 Å². The van der Waals surface area contributed by atoms with Crippen molar-refractivity contribution in [3.8, 4) is 0 Å². The molecule has 1 saturated heterocycles. The fourth-order valence-electron chi connectivity index (χ4n) is 2.39. The van der Waals surface area contributed by atoms with Crippen molar-refractivity contribution in [3.05, 3.63) is 34.9 Å². The van der Waals surface area contributed by atoms with Crippen LogP contribution in [-0.2, 0) is 0 Å². The first-order valence-electron chi connectivity index (χ1n) is 6.87. The molecule has 1 fully saturated rings. The first kappa shape index (κ1) is 14.4. The maximum absolute atomic E-state index is 12.6. The van der Waals surface area contributed by atoms with Crippen LogP contribution >= 0.6 is 11.6 Å². The molecule has 1 aromatic carbocycles. The molecule has 4 heteroatoms. The predicted octanol–water partition coefficient (Wildman–Crippen LogP) is 2.80. The van der Waals surface area contributed by atoms with E-state index in [1.54, 1.807) is 12.1 Å². The molecular formula is C15H21ClN2O. The van der Waals surface area contributed by atoms with E-state index in [9.17, 15) is 4.79 Å². The summed E-state index contributed by atoms with van der Waals surface area (Å²) in [5.41, 5.74) is 0.605. The Morgan fingerprint density at radius 3 is 2.84 bits per heavy atom. The van der Waals surface area contributed by atoms with Gasteiger partial charge in [0.2, 0.25) is 0 Å². The number of hydrogen-bond acceptors (Lipinski definition) is 2. The van der Waals surface area contributed by atoms with Gasteiger partial charge in [-0.1, -0.05) is 37.6 Å². The van der Waals surface area contributed by atoms with Crippen molar-refractivity contribution in [1.29, 1.82) is 0 Å². The Balaban J connectivity index is 2.15. The molecule has 0 aromatic heterocycles. The van der Waals surface area contributed by atoms with E-state index in [0.717, 1.165) is 26.1 Å². The fourth-order valence-corrected chi connectivity index (χ4v) is 2.60. The van der Waals surface area contributed by atoms with E-state index in [1.165, 1.54) is 0 Å². The predicted molar refractivity (Wildman–Crippen MR) is 78.6 cm³/mol. The SMILES string of the molecule is CC(C)C1CN(C(=O)c2ccccc2Cl)CCCN1. The number of carbonyl (C=O) groups excluding carboxylic acids is 1. The third-order valence-corrected chi connectivity index (χ3v) is 3.95. The zero-order chi connectivity index (χ0) is 13.8. The van der Waals surface area contributed by atoms with Crippen molar-refractivity contribution in [3.63, 3.8) is 0 Å². The van der Waals surface area contributed by atoms with Gasteiger partial charge >= 0.3 is 0 Å². The Morgan fingerprint density at radius 2 is 2.16 bits per heavy atom. The van der Waals surface area contributed by atoms with Crippen LogP contribution in [0.2, 0.25) is 5.02 Å². The average Bonchev–Trinajstić information content (AvgIpc) is 2.64. The van der Waals surface area contributed by atoms with E-state index < -0.39 is 0 Å². The molecule has 0 bridgehead atoms. The number of rotatable bonds is 2. The quantitative estimate of drug-likeness (QED) is 0.903. The number of nitrogens with one attached hydrogen (secondary N) is 1. The van der Waals surface area contributed by atoms with Gasteiger partial charge in [0.25, 0.3) is 5.91 Å². The first-order valence-corrected chi connectivity index (χ1v) is 7.24. The summed E-state index contributed by atoms with van der Waals surface area (Å²) >= 11 is 6.11. The minimum atomic E-state index is 0.0416. The minimum Gasteiger partial charge on any atom is -0.337 e. The lowest BCUT2D eigenvalue weighted by molar-refractivity contribution is 0.0745. The van der Waals surface area contributed by atoms with Crippen molar-refractivity contribution in [2.45, 2.75) is 26.3 Å². The van der Waals surface area contributed by atoms with Crippen LogP contribution in [0.3, 0.4) is 0 Å². The van der Waals surface area contributed by atoms with Crippen LogP contribution in [0.5, 0.6) is 0 Å². The van der Waals surface area contributed by atoms with Gasteiger partial charge in [0.15, 0.2) is 0 Å². The number of carbonyl (C=O) groups is 1. The van der Waals surface area contributed by atoms with Crippen LogP contribution in [-0.4, -0.2) is 36.5 Å². The summed E-state index contributed by atoms with van der Waals surface area (Å²) in [6.45, 7) is 6.87. The van der Waals surface area contributed by atoms with Crippen LogP contribution in [0.4, 0.5) is 0 Å². The van der Waals surface area contributed by atoms with E-state index >= 15 is 0 Å². The Hall–Kier alpha value is -1.06. The zero-order valence-corrected chi connectivity index (χ0v) is 12.3. The second-order valence-electron chi connectivity index (χ2n) is 5.39. The molecule has 1 unspecified atom stereocenters. The van der Waals surface area contributed by atoms with E-state index in [4.69, 9.17) is 11.6 Å². The molecule has 2 rings (SSSR count). The molecule has 1 atom stereocenters. The average molecular weight is 281 g/mol. The molecule has 1 amide bonds. The van der Waals surface area contributed by atoms with E-state index in [0.29, 0.717) is 22.5 Å². The smallest absolute Gasteiger partial charge is 0.255 e. The molecule has 1 aliphatic heterocycles. The molecule has 1 aromatic rings. The minimum absolute atomic E-state index is 0.0416. The molecule has 0 spiro atoms. The van der Waals surface area contributed by atoms with Crippen LogP contribution in [0.25, 0.3) is 0 Å². The van der Waals surface area contributed by atoms with Gasteiger partial charge in [-0.15, -0.1) is 0 Å². The van der Waals surface area contributed by atoms with Crippen LogP contribution in [0.1, 0.15) is 30.6 Å². The maximum atomic E-state index is 12.6. The number of halogens is 1. The molecule has 0 aliphatic carbocycles. The summed E-state index contributed by atoms with van der Waals surface area (Å²) in [4.78, 5) is 14.5. The van der Waals surface area contributed by atoms with Crippen LogP contribution in [0.15, 0.2) is 24.3 Å². The standard InChI is InChI=1S/C15H21ClN2O/c1-11(2)14-10-18(9-5-8-17-14)15(19)12-6-3-4-7-13(12)16/h3-4,6-7,11,14,17H,5,8-10H2,1-2H3. The van der Waals surface area contributed by atoms with Gasteiger partial charge in [-0.05, 0) is 31.0 Å². The maximum Gasteiger partial charge on any atom is 0.255 e. The first-order chi connectivity index (χ1) is 9.09. The molecule has 3 nitrogen and oxygen atoms in total.